The van der Waals surface area contributed by atoms with Crippen LogP contribution in [0.2, 0.25) is 0 Å². The lowest BCUT2D eigenvalue weighted by molar-refractivity contribution is 0.922. The Kier molecular flexibility index (Phi) is 6.23. The van der Waals surface area contributed by atoms with Crippen molar-refractivity contribution in [3.8, 4) is 0 Å². The third kappa shape index (κ3) is 4.86. The van der Waals surface area contributed by atoms with Gasteiger partial charge in [0.15, 0.2) is 5.65 Å². The number of anilines is 2. The standard InChI is InChI=1S/C24H22Br2N6/c25-20-7-3-1-5-16(20)12-27-13-18-15-29-32-23(30-19-9-10-19)11-22(31-24(18)32)28-14-17-6-2-4-8-21(17)26/h1-8,11,13,15,19,30H,9-10,12,14H2,(H,28,31). The molecule has 0 bridgehead atoms. The highest BCUT2D eigenvalue weighted by Crippen LogP contribution is 2.27. The predicted octanol–water partition coefficient (Wildman–Crippen LogP) is 6.06. The van der Waals surface area contributed by atoms with Crippen LogP contribution in [0.15, 0.2) is 74.7 Å². The number of aliphatic imine (C=N–C) groups is 1. The lowest BCUT2D eigenvalue weighted by Crippen LogP contribution is -2.10. The van der Waals surface area contributed by atoms with Crippen molar-refractivity contribution in [3.63, 3.8) is 0 Å². The van der Waals surface area contributed by atoms with Crippen molar-refractivity contribution >= 4 is 55.4 Å². The Balaban J connectivity index is 1.42. The molecule has 1 saturated carbocycles. The fraction of sp³-hybridized carbons (Fsp3) is 0.208. The Labute approximate surface area is 203 Å². The fourth-order valence-electron chi connectivity index (χ4n) is 3.40. The van der Waals surface area contributed by atoms with Gasteiger partial charge in [-0.25, -0.2) is 4.98 Å². The predicted molar refractivity (Wildman–Crippen MR) is 137 cm³/mol. The molecule has 2 aromatic heterocycles. The Bertz CT molecular complexity index is 1280. The highest BCUT2D eigenvalue weighted by Gasteiger charge is 2.23. The minimum absolute atomic E-state index is 0.508. The second-order valence-electron chi connectivity index (χ2n) is 7.79. The number of hydrogen-bond donors (Lipinski definition) is 2. The van der Waals surface area contributed by atoms with Gasteiger partial charge in [0.1, 0.15) is 11.6 Å². The first-order valence-electron chi connectivity index (χ1n) is 10.5. The van der Waals surface area contributed by atoms with E-state index in [0.717, 1.165) is 37.4 Å². The van der Waals surface area contributed by atoms with Gasteiger partial charge in [0.2, 0.25) is 0 Å². The van der Waals surface area contributed by atoms with Crippen molar-refractivity contribution < 1.29 is 0 Å². The van der Waals surface area contributed by atoms with Crippen molar-refractivity contribution in [2.45, 2.75) is 32.0 Å². The maximum Gasteiger partial charge on any atom is 0.168 e. The number of nitrogens with one attached hydrogen (secondary N) is 2. The highest BCUT2D eigenvalue weighted by molar-refractivity contribution is 9.10. The van der Waals surface area contributed by atoms with Crippen LogP contribution in [0.1, 0.15) is 29.5 Å². The normalized spacial score (nSPS) is 13.7. The van der Waals surface area contributed by atoms with Gasteiger partial charge in [0.25, 0.3) is 0 Å². The van der Waals surface area contributed by atoms with Gasteiger partial charge in [0, 0.05) is 33.8 Å². The largest absolute Gasteiger partial charge is 0.367 e. The van der Waals surface area contributed by atoms with Crippen LogP contribution in [0.25, 0.3) is 5.65 Å². The van der Waals surface area contributed by atoms with Crippen LogP contribution < -0.4 is 10.6 Å². The maximum absolute atomic E-state index is 4.85. The first kappa shape index (κ1) is 21.2. The molecule has 2 heterocycles. The van der Waals surface area contributed by atoms with Gasteiger partial charge in [-0.05, 0) is 36.1 Å². The number of nitrogens with zero attached hydrogens (tertiary/aromatic N) is 4. The van der Waals surface area contributed by atoms with Gasteiger partial charge in [-0.1, -0.05) is 68.3 Å². The van der Waals surface area contributed by atoms with E-state index in [9.17, 15) is 0 Å². The van der Waals surface area contributed by atoms with Crippen LogP contribution in [0.4, 0.5) is 11.6 Å². The van der Waals surface area contributed by atoms with Gasteiger partial charge in [-0.3, -0.25) is 4.99 Å². The monoisotopic (exact) mass is 552 g/mol. The molecule has 1 fully saturated rings. The van der Waals surface area contributed by atoms with E-state index in [1.807, 2.05) is 59.4 Å². The van der Waals surface area contributed by atoms with Gasteiger partial charge >= 0.3 is 0 Å². The summed E-state index contributed by atoms with van der Waals surface area (Å²) in [6, 6.07) is 18.8. The second-order valence-corrected chi connectivity index (χ2v) is 9.50. The van der Waals surface area contributed by atoms with Crippen LogP contribution in [-0.4, -0.2) is 26.9 Å². The molecule has 32 heavy (non-hydrogen) atoms. The number of rotatable bonds is 8. The molecule has 0 saturated heterocycles. The summed E-state index contributed by atoms with van der Waals surface area (Å²) in [4.78, 5) is 9.48. The first-order valence-corrected chi connectivity index (χ1v) is 12.1. The van der Waals surface area contributed by atoms with E-state index in [1.54, 1.807) is 0 Å². The van der Waals surface area contributed by atoms with Gasteiger partial charge in [-0.15, -0.1) is 0 Å². The van der Waals surface area contributed by atoms with E-state index >= 15 is 0 Å². The summed E-state index contributed by atoms with van der Waals surface area (Å²) in [5.41, 5.74) is 3.98. The van der Waals surface area contributed by atoms with Crippen molar-refractivity contribution in [1.82, 2.24) is 14.6 Å². The smallest absolute Gasteiger partial charge is 0.168 e. The van der Waals surface area contributed by atoms with Gasteiger partial charge in [0.05, 0.1) is 18.3 Å². The van der Waals surface area contributed by atoms with Crippen LogP contribution in [0.5, 0.6) is 0 Å². The van der Waals surface area contributed by atoms with Crippen molar-refractivity contribution in [1.29, 1.82) is 0 Å². The molecular weight excluding hydrogens is 532 g/mol. The zero-order chi connectivity index (χ0) is 21.9. The molecule has 5 rings (SSSR count). The molecule has 8 heteroatoms. The highest BCUT2D eigenvalue weighted by atomic mass is 79.9. The Hall–Kier alpha value is -2.71. The summed E-state index contributed by atoms with van der Waals surface area (Å²) in [7, 11) is 0. The summed E-state index contributed by atoms with van der Waals surface area (Å²) in [5.74, 6) is 1.75. The molecule has 2 aromatic carbocycles. The van der Waals surface area contributed by atoms with Gasteiger partial charge < -0.3 is 10.6 Å². The summed E-state index contributed by atoms with van der Waals surface area (Å²) >= 11 is 7.20. The van der Waals surface area contributed by atoms with E-state index in [2.05, 4.69) is 64.7 Å². The Morgan fingerprint density at radius 3 is 2.47 bits per heavy atom. The van der Waals surface area contributed by atoms with E-state index in [1.165, 1.54) is 18.4 Å². The molecular formula is C24H22Br2N6. The fourth-order valence-corrected chi connectivity index (χ4v) is 4.23. The molecule has 162 valence electrons. The SMILES string of the molecule is Brc1ccccc1CN=Cc1cnn2c(NC3CC3)cc(NCc3ccccc3Br)nc12. The molecule has 0 aliphatic heterocycles. The molecule has 0 spiro atoms. The maximum atomic E-state index is 4.85. The zero-order valence-corrected chi connectivity index (χ0v) is 20.5. The van der Waals surface area contributed by atoms with Crippen LogP contribution in [-0.2, 0) is 13.1 Å². The topological polar surface area (TPSA) is 66.6 Å². The molecule has 0 atom stereocenters. The average molecular weight is 554 g/mol. The number of fused-ring (bicyclic) bond motifs is 1. The van der Waals surface area contributed by atoms with Crippen LogP contribution in [0.3, 0.4) is 0 Å². The summed E-state index contributed by atoms with van der Waals surface area (Å²) in [5, 5.41) is 11.6. The number of hydrogen-bond acceptors (Lipinski definition) is 5. The third-order valence-electron chi connectivity index (χ3n) is 5.30. The molecule has 0 radical (unpaired) electrons. The summed E-state index contributed by atoms with van der Waals surface area (Å²) in [6.45, 7) is 1.26. The molecule has 0 unspecified atom stereocenters. The molecule has 0 amide bonds. The number of benzene rings is 2. The van der Waals surface area contributed by atoms with E-state index in [0.29, 0.717) is 19.1 Å². The van der Waals surface area contributed by atoms with Crippen molar-refractivity contribution in [3.05, 3.63) is 86.4 Å². The molecule has 1 aliphatic rings. The van der Waals surface area contributed by atoms with E-state index in [4.69, 9.17) is 4.98 Å². The van der Waals surface area contributed by atoms with E-state index in [-0.39, 0.29) is 0 Å². The van der Waals surface area contributed by atoms with Crippen LogP contribution in [0, 0.1) is 0 Å². The minimum Gasteiger partial charge on any atom is -0.367 e. The molecule has 2 N–H and O–H groups in total. The minimum atomic E-state index is 0.508. The molecule has 4 aromatic rings. The molecule has 6 nitrogen and oxygen atoms in total. The average Bonchev–Trinajstić information content (AvgIpc) is 3.52. The van der Waals surface area contributed by atoms with Crippen molar-refractivity contribution in [2.75, 3.05) is 10.6 Å². The second kappa shape index (κ2) is 9.42. The zero-order valence-electron chi connectivity index (χ0n) is 17.3. The van der Waals surface area contributed by atoms with Crippen LogP contribution >= 0.6 is 31.9 Å². The van der Waals surface area contributed by atoms with E-state index < -0.39 is 0 Å². The summed E-state index contributed by atoms with van der Waals surface area (Å²) < 4.78 is 4.00. The third-order valence-corrected chi connectivity index (χ3v) is 6.84. The lowest BCUT2D eigenvalue weighted by Gasteiger charge is -2.12. The van der Waals surface area contributed by atoms with Crippen molar-refractivity contribution in [2.24, 2.45) is 4.99 Å². The Morgan fingerprint density at radius 1 is 1.03 bits per heavy atom. The number of aromatic nitrogens is 3. The van der Waals surface area contributed by atoms with Gasteiger partial charge in [-0.2, -0.15) is 9.61 Å². The Morgan fingerprint density at radius 2 is 1.75 bits per heavy atom. The molecule has 1 aliphatic carbocycles. The lowest BCUT2D eigenvalue weighted by atomic mass is 10.2. The first-order chi connectivity index (χ1) is 15.7. The quantitative estimate of drug-likeness (QED) is 0.260. The summed E-state index contributed by atoms with van der Waals surface area (Å²) in [6.07, 6.45) is 6.05. The number of halogens is 2.